The van der Waals surface area contributed by atoms with E-state index in [1.807, 2.05) is 0 Å². The van der Waals surface area contributed by atoms with Crippen molar-refractivity contribution < 1.29 is 0 Å². The van der Waals surface area contributed by atoms with Crippen molar-refractivity contribution in [1.82, 2.24) is 9.97 Å². The monoisotopic (exact) mass is 359 g/mol. The molecule has 100 valence electrons. The minimum absolute atomic E-state index is 0.201. The summed E-state index contributed by atoms with van der Waals surface area (Å²) in [7, 11) is 0. The molecule has 0 amide bonds. The van der Waals surface area contributed by atoms with Crippen LogP contribution in [0.15, 0.2) is 0 Å². The van der Waals surface area contributed by atoms with Gasteiger partial charge >= 0.3 is 0 Å². The number of anilines is 1. The maximum atomic E-state index is 6.05. The highest BCUT2D eigenvalue weighted by molar-refractivity contribution is 14.1. The predicted octanol–water partition coefficient (Wildman–Crippen LogP) is 3.91. The van der Waals surface area contributed by atoms with Crippen molar-refractivity contribution in [2.24, 2.45) is 5.41 Å². The molecule has 0 aromatic carbocycles. The Labute approximate surface area is 123 Å². The van der Waals surface area contributed by atoms with Crippen molar-refractivity contribution in [3.05, 3.63) is 15.1 Å². The Morgan fingerprint density at radius 1 is 1.22 bits per heavy atom. The van der Waals surface area contributed by atoms with Crippen LogP contribution in [0.1, 0.15) is 63.9 Å². The largest absolute Gasteiger partial charge is 0.383 e. The average Bonchev–Trinajstić information content (AvgIpc) is 2.74. The molecule has 0 radical (unpaired) electrons. The van der Waals surface area contributed by atoms with Crippen LogP contribution in [0.4, 0.5) is 5.82 Å². The van der Waals surface area contributed by atoms with Crippen LogP contribution in [0.3, 0.4) is 0 Å². The Balaban J connectivity index is 2.33. The average molecular weight is 359 g/mol. The van der Waals surface area contributed by atoms with Gasteiger partial charge in [0, 0.05) is 12.3 Å². The highest BCUT2D eigenvalue weighted by atomic mass is 127. The summed E-state index contributed by atoms with van der Waals surface area (Å²) in [6, 6.07) is 0. The lowest BCUT2D eigenvalue weighted by molar-refractivity contribution is 0.399. The smallest absolute Gasteiger partial charge is 0.140 e. The van der Waals surface area contributed by atoms with Crippen molar-refractivity contribution >= 4 is 28.4 Å². The summed E-state index contributed by atoms with van der Waals surface area (Å²) in [6.07, 6.45) is 6.02. The minimum Gasteiger partial charge on any atom is -0.383 e. The van der Waals surface area contributed by atoms with Crippen molar-refractivity contribution in [2.45, 2.75) is 58.8 Å². The van der Waals surface area contributed by atoms with Gasteiger partial charge in [0.15, 0.2) is 0 Å². The van der Waals surface area contributed by atoms with Crippen molar-refractivity contribution in [3.8, 4) is 0 Å². The van der Waals surface area contributed by atoms with Gasteiger partial charge in [0.1, 0.15) is 11.6 Å². The van der Waals surface area contributed by atoms with Gasteiger partial charge in [0.2, 0.25) is 0 Å². The molecule has 1 aromatic rings. The third-order valence-electron chi connectivity index (χ3n) is 3.38. The van der Waals surface area contributed by atoms with Crippen LogP contribution in [-0.4, -0.2) is 9.97 Å². The Bertz CT molecular complexity index is 431. The summed E-state index contributed by atoms with van der Waals surface area (Å²) >= 11 is 2.30. The minimum atomic E-state index is 0.201. The van der Waals surface area contributed by atoms with E-state index in [1.54, 1.807) is 0 Å². The summed E-state index contributed by atoms with van der Waals surface area (Å²) in [5, 5.41) is 0. The molecule has 1 aliphatic rings. The first-order valence-corrected chi connectivity index (χ1v) is 7.76. The van der Waals surface area contributed by atoms with Crippen LogP contribution in [0.2, 0.25) is 0 Å². The van der Waals surface area contributed by atoms with E-state index in [1.165, 1.54) is 31.4 Å². The number of nitrogens with two attached hydrogens (primary N) is 1. The van der Waals surface area contributed by atoms with Crippen molar-refractivity contribution in [3.63, 3.8) is 0 Å². The highest BCUT2D eigenvalue weighted by Gasteiger charge is 2.24. The summed E-state index contributed by atoms with van der Waals surface area (Å²) in [5.74, 6) is 2.16. The fraction of sp³-hybridized carbons (Fsp3) is 0.714. The fourth-order valence-corrected chi connectivity index (χ4v) is 3.24. The molecule has 4 heteroatoms. The number of nitrogen functional groups attached to an aromatic ring is 1. The molecule has 3 nitrogen and oxygen atoms in total. The molecule has 1 aliphatic carbocycles. The van der Waals surface area contributed by atoms with E-state index >= 15 is 0 Å². The molecule has 0 aliphatic heterocycles. The van der Waals surface area contributed by atoms with Gasteiger partial charge in [0.25, 0.3) is 0 Å². The Morgan fingerprint density at radius 3 is 2.39 bits per heavy atom. The van der Waals surface area contributed by atoms with Gasteiger partial charge in [-0.1, -0.05) is 33.6 Å². The van der Waals surface area contributed by atoms with Gasteiger partial charge in [-0.25, -0.2) is 9.97 Å². The van der Waals surface area contributed by atoms with Gasteiger partial charge in [-0.05, 0) is 40.8 Å². The van der Waals surface area contributed by atoms with E-state index in [-0.39, 0.29) is 5.41 Å². The molecule has 0 unspecified atom stereocenters. The number of aromatic nitrogens is 2. The standard InChI is InChI=1S/C14H22IN3/c1-14(2,3)8-10-17-12(9-6-4-5-7-9)11(15)13(16)18-10/h9H,4-8H2,1-3H3,(H2,16,17,18). The second-order valence-electron chi connectivity index (χ2n) is 6.44. The first-order chi connectivity index (χ1) is 8.37. The van der Waals surface area contributed by atoms with Gasteiger partial charge in [-0.3, -0.25) is 0 Å². The lowest BCUT2D eigenvalue weighted by Gasteiger charge is -2.19. The van der Waals surface area contributed by atoms with Crippen LogP contribution in [0.25, 0.3) is 0 Å². The van der Waals surface area contributed by atoms with Crippen LogP contribution < -0.4 is 5.73 Å². The second-order valence-corrected chi connectivity index (χ2v) is 7.52. The number of nitrogens with zero attached hydrogens (tertiary/aromatic N) is 2. The molecule has 0 saturated heterocycles. The first-order valence-electron chi connectivity index (χ1n) is 6.68. The zero-order valence-corrected chi connectivity index (χ0v) is 13.6. The number of hydrogen-bond acceptors (Lipinski definition) is 3. The van der Waals surface area contributed by atoms with E-state index in [0.717, 1.165) is 15.8 Å². The Hall–Kier alpha value is -0.390. The third kappa shape index (κ3) is 3.33. The van der Waals surface area contributed by atoms with E-state index in [9.17, 15) is 0 Å². The molecule has 1 aromatic heterocycles. The summed E-state index contributed by atoms with van der Waals surface area (Å²) < 4.78 is 1.07. The maximum Gasteiger partial charge on any atom is 0.140 e. The van der Waals surface area contributed by atoms with Crippen LogP contribution in [0.5, 0.6) is 0 Å². The molecule has 1 heterocycles. The summed E-state index contributed by atoms with van der Waals surface area (Å²) in [6.45, 7) is 6.62. The predicted molar refractivity (Wildman–Crippen MR) is 83.5 cm³/mol. The summed E-state index contributed by atoms with van der Waals surface area (Å²) in [4.78, 5) is 9.25. The molecule has 0 spiro atoms. The molecule has 0 bridgehead atoms. The number of hydrogen-bond donors (Lipinski definition) is 1. The SMILES string of the molecule is CC(C)(C)Cc1nc(N)c(I)c(C2CCCC2)n1. The lowest BCUT2D eigenvalue weighted by atomic mass is 9.92. The number of rotatable bonds is 2. The van der Waals surface area contributed by atoms with E-state index in [4.69, 9.17) is 10.7 Å². The fourth-order valence-electron chi connectivity index (χ4n) is 2.56. The van der Waals surface area contributed by atoms with Crippen molar-refractivity contribution in [2.75, 3.05) is 5.73 Å². The van der Waals surface area contributed by atoms with Crippen LogP contribution in [0, 0.1) is 8.99 Å². The maximum absolute atomic E-state index is 6.05. The molecule has 2 N–H and O–H groups in total. The van der Waals surface area contributed by atoms with Gasteiger partial charge in [-0.2, -0.15) is 0 Å². The van der Waals surface area contributed by atoms with Crippen molar-refractivity contribution in [1.29, 1.82) is 0 Å². The molecule has 0 atom stereocenters. The third-order valence-corrected chi connectivity index (χ3v) is 4.48. The first kappa shape index (κ1) is 14.0. The summed E-state index contributed by atoms with van der Waals surface area (Å²) in [5.41, 5.74) is 7.44. The number of halogens is 1. The molecular weight excluding hydrogens is 337 g/mol. The molecule has 2 rings (SSSR count). The quantitative estimate of drug-likeness (QED) is 0.815. The van der Waals surface area contributed by atoms with Gasteiger partial charge in [-0.15, -0.1) is 0 Å². The van der Waals surface area contributed by atoms with E-state index in [0.29, 0.717) is 11.7 Å². The van der Waals surface area contributed by atoms with E-state index in [2.05, 4.69) is 48.3 Å². The molecule has 18 heavy (non-hydrogen) atoms. The Morgan fingerprint density at radius 2 is 1.83 bits per heavy atom. The van der Waals surface area contributed by atoms with Crippen LogP contribution >= 0.6 is 22.6 Å². The molecular formula is C14H22IN3. The molecule has 1 fully saturated rings. The lowest BCUT2D eigenvalue weighted by Crippen LogP contribution is -2.16. The Kier molecular flexibility index (Phi) is 4.14. The zero-order chi connectivity index (χ0) is 13.3. The zero-order valence-electron chi connectivity index (χ0n) is 11.5. The van der Waals surface area contributed by atoms with E-state index < -0.39 is 0 Å². The molecule has 1 saturated carbocycles. The van der Waals surface area contributed by atoms with Gasteiger partial charge in [0.05, 0.1) is 9.26 Å². The normalized spacial score (nSPS) is 17.3. The van der Waals surface area contributed by atoms with Crippen LogP contribution in [-0.2, 0) is 6.42 Å². The second kappa shape index (κ2) is 5.31. The highest BCUT2D eigenvalue weighted by Crippen LogP contribution is 2.36. The van der Waals surface area contributed by atoms with Gasteiger partial charge < -0.3 is 5.73 Å². The topological polar surface area (TPSA) is 51.8 Å².